The highest BCUT2D eigenvalue weighted by molar-refractivity contribution is 14.1. The van der Waals surface area contributed by atoms with E-state index in [1.807, 2.05) is 24.3 Å². The van der Waals surface area contributed by atoms with Crippen LogP contribution in [-0.2, 0) is 22.2 Å². The first-order chi connectivity index (χ1) is 12.9. The minimum Gasteiger partial charge on any atom is -0.493 e. The zero-order chi connectivity index (χ0) is 19.0. The summed E-state index contributed by atoms with van der Waals surface area (Å²) < 4.78 is 33.2. The minimum atomic E-state index is -3.91. The lowest BCUT2D eigenvalue weighted by Crippen LogP contribution is -2.17. The predicted molar refractivity (Wildman–Crippen MR) is 111 cm³/mol. The number of halogens is 1. The number of rotatable bonds is 5. The van der Waals surface area contributed by atoms with Crippen molar-refractivity contribution >= 4 is 50.3 Å². The van der Waals surface area contributed by atoms with Crippen molar-refractivity contribution in [1.29, 1.82) is 0 Å². The molecule has 10 heteroatoms. The molecule has 1 aliphatic heterocycles. The van der Waals surface area contributed by atoms with E-state index in [0.29, 0.717) is 29.7 Å². The van der Waals surface area contributed by atoms with Gasteiger partial charge in [-0.1, -0.05) is 23.9 Å². The molecular formula is C17H15IN4O3S2. The van der Waals surface area contributed by atoms with Crippen LogP contribution in [0.5, 0.6) is 5.75 Å². The molecule has 27 heavy (non-hydrogen) atoms. The van der Waals surface area contributed by atoms with E-state index in [9.17, 15) is 8.42 Å². The first-order valence-electron chi connectivity index (χ1n) is 8.04. The highest BCUT2D eigenvalue weighted by atomic mass is 127. The number of anilines is 1. The highest BCUT2D eigenvalue weighted by Crippen LogP contribution is 2.29. The molecular weight excluding hydrogens is 499 g/mol. The number of nitrogen functional groups attached to an aromatic ring is 1. The second-order valence-electron chi connectivity index (χ2n) is 5.88. The number of hydrogen-bond donors (Lipinski definition) is 1. The Kier molecular flexibility index (Phi) is 5.03. The topological polar surface area (TPSA) is 100 Å². The Morgan fingerprint density at radius 3 is 2.78 bits per heavy atom. The Balaban J connectivity index is 1.57. The first-order valence-corrected chi connectivity index (χ1v) is 11.5. The molecule has 0 bridgehead atoms. The van der Waals surface area contributed by atoms with Gasteiger partial charge in [0, 0.05) is 15.7 Å². The van der Waals surface area contributed by atoms with Gasteiger partial charge >= 0.3 is 0 Å². The number of aromatic nitrogens is 3. The Morgan fingerprint density at radius 2 is 2.00 bits per heavy atom. The maximum Gasteiger partial charge on any atom is 0.286 e. The third-order valence-electron chi connectivity index (χ3n) is 4.05. The van der Waals surface area contributed by atoms with E-state index < -0.39 is 10.0 Å². The number of fused-ring (bicyclic) bond motifs is 1. The summed E-state index contributed by atoms with van der Waals surface area (Å²) >= 11 is 3.58. The monoisotopic (exact) mass is 514 g/mol. The third-order valence-corrected chi connectivity index (χ3v) is 7.25. The van der Waals surface area contributed by atoms with Gasteiger partial charge in [0.2, 0.25) is 11.1 Å². The van der Waals surface area contributed by atoms with E-state index >= 15 is 0 Å². The van der Waals surface area contributed by atoms with Crippen LogP contribution in [0.25, 0.3) is 0 Å². The van der Waals surface area contributed by atoms with Crippen LogP contribution in [0.4, 0.5) is 5.95 Å². The van der Waals surface area contributed by atoms with Crippen LogP contribution in [0.3, 0.4) is 0 Å². The Morgan fingerprint density at radius 1 is 1.22 bits per heavy atom. The first kappa shape index (κ1) is 18.6. The van der Waals surface area contributed by atoms with E-state index in [0.717, 1.165) is 18.8 Å². The Bertz CT molecular complexity index is 1100. The van der Waals surface area contributed by atoms with Gasteiger partial charge in [0.05, 0.1) is 11.5 Å². The van der Waals surface area contributed by atoms with Gasteiger partial charge < -0.3 is 10.5 Å². The van der Waals surface area contributed by atoms with Crippen LogP contribution >= 0.6 is 34.4 Å². The second-order valence-corrected chi connectivity index (χ2v) is 9.84. The number of benzene rings is 2. The van der Waals surface area contributed by atoms with Crippen molar-refractivity contribution < 1.29 is 13.2 Å². The number of nitrogens with two attached hydrogens (primary N) is 1. The highest BCUT2D eigenvalue weighted by Gasteiger charge is 2.25. The van der Waals surface area contributed by atoms with Crippen LogP contribution in [0.1, 0.15) is 11.1 Å². The molecule has 140 valence electrons. The molecule has 0 saturated heterocycles. The van der Waals surface area contributed by atoms with Crippen molar-refractivity contribution in [3.05, 3.63) is 57.2 Å². The maximum absolute atomic E-state index is 12.9. The predicted octanol–water partition coefficient (Wildman–Crippen LogP) is 2.93. The summed E-state index contributed by atoms with van der Waals surface area (Å²) in [7, 11) is -3.91. The quantitative estimate of drug-likeness (QED) is 0.413. The third kappa shape index (κ3) is 3.78. The standard InChI is InChI=1S/C17H15IN4O3S2/c18-13-3-1-11(2-4-13)10-26-17-20-16(19)22(21-17)27(23,24)14-5-6-15-12(9-14)7-8-25-15/h1-6,9H,7-8,10H2,(H2,19,20,21). The van der Waals surface area contributed by atoms with Gasteiger partial charge in [0.15, 0.2) is 0 Å². The van der Waals surface area contributed by atoms with Gasteiger partial charge in [-0.3, -0.25) is 0 Å². The second kappa shape index (κ2) is 7.32. The van der Waals surface area contributed by atoms with Crippen LogP contribution in [0.15, 0.2) is 52.5 Å². The van der Waals surface area contributed by atoms with E-state index in [2.05, 4.69) is 32.7 Å². The molecule has 7 nitrogen and oxygen atoms in total. The summed E-state index contributed by atoms with van der Waals surface area (Å²) in [6.45, 7) is 0.559. The lowest BCUT2D eigenvalue weighted by atomic mass is 10.2. The van der Waals surface area contributed by atoms with Gasteiger partial charge in [-0.25, -0.2) is 0 Å². The summed E-state index contributed by atoms with van der Waals surface area (Å²) in [4.78, 5) is 4.22. The van der Waals surface area contributed by atoms with Crippen molar-refractivity contribution in [1.82, 2.24) is 14.2 Å². The fourth-order valence-electron chi connectivity index (χ4n) is 2.68. The van der Waals surface area contributed by atoms with Gasteiger partial charge in [0.1, 0.15) is 5.75 Å². The van der Waals surface area contributed by atoms with E-state index in [-0.39, 0.29) is 10.8 Å². The molecule has 0 amide bonds. The maximum atomic E-state index is 12.9. The fraction of sp³-hybridized carbons (Fsp3) is 0.176. The fourth-order valence-corrected chi connectivity index (χ4v) is 5.08. The summed E-state index contributed by atoms with van der Waals surface area (Å²) in [6, 6.07) is 12.8. The molecule has 2 N–H and O–H groups in total. The number of nitrogens with zero attached hydrogens (tertiary/aromatic N) is 3. The van der Waals surface area contributed by atoms with Crippen LogP contribution in [-0.4, -0.2) is 29.2 Å². The van der Waals surface area contributed by atoms with Crippen molar-refractivity contribution in [2.24, 2.45) is 0 Å². The minimum absolute atomic E-state index is 0.123. The van der Waals surface area contributed by atoms with Crippen LogP contribution in [0.2, 0.25) is 0 Å². The van der Waals surface area contributed by atoms with Gasteiger partial charge in [-0.2, -0.15) is 13.4 Å². The lowest BCUT2D eigenvalue weighted by Gasteiger charge is -2.06. The lowest BCUT2D eigenvalue weighted by molar-refractivity contribution is 0.356. The van der Waals surface area contributed by atoms with E-state index in [1.165, 1.54) is 17.8 Å². The van der Waals surface area contributed by atoms with Crippen molar-refractivity contribution in [3.8, 4) is 5.75 Å². The van der Waals surface area contributed by atoms with Crippen molar-refractivity contribution in [3.63, 3.8) is 0 Å². The van der Waals surface area contributed by atoms with Crippen LogP contribution < -0.4 is 10.5 Å². The molecule has 0 unspecified atom stereocenters. The molecule has 0 atom stereocenters. The summed E-state index contributed by atoms with van der Waals surface area (Å²) in [6.07, 6.45) is 0.683. The van der Waals surface area contributed by atoms with Gasteiger partial charge in [0.25, 0.3) is 10.0 Å². The molecule has 0 spiro atoms. The van der Waals surface area contributed by atoms with E-state index in [4.69, 9.17) is 10.5 Å². The number of ether oxygens (including phenoxy) is 1. The molecule has 0 fully saturated rings. The molecule has 1 aliphatic rings. The smallest absolute Gasteiger partial charge is 0.286 e. The molecule has 1 aromatic heterocycles. The zero-order valence-corrected chi connectivity index (χ0v) is 17.8. The van der Waals surface area contributed by atoms with Crippen molar-refractivity contribution in [2.75, 3.05) is 12.3 Å². The molecule has 2 heterocycles. The van der Waals surface area contributed by atoms with Crippen LogP contribution in [0, 0.1) is 3.57 Å². The molecule has 3 aromatic rings. The van der Waals surface area contributed by atoms with Gasteiger partial charge in [-0.05, 0) is 64.0 Å². The van der Waals surface area contributed by atoms with Gasteiger partial charge in [-0.15, -0.1) is 9.19 Å². The number of hydrogen-bond acceptors (Lipinski definition) is 7. The summed E-state index contributed by atoms with van der Waals surface area (Å²) in [5, 5.41) is 4.43. The summed E-state index contributed by atoms with van der Waals surface area (Å²) in [5.41, 5.74) is 7.80. The average molecular weight is 514 g/mol. The normalized spacial score (nSPS) is 13.4. The van der Waals surface area contributed by atoms with E-state index in [1.54, 1.807) is 12.1 Å². The Hall–Kier alpha value is -1.79. The molecule has 0 radical (unpaired) electrons. The molecule has 2 aromatic carbocycles. The largest absolute Gasteiger partial charge is 0.493 e. The molecule has 4 rings (SSSR count). The number of thioether (sulfide) groups is 1. The Labute approximate surface area is 174 Å². The SMILES string of the molecule is Nc1nc(SCc2ccc(I)cc2)nn1S(=O)(=O)c1ccc2c(c1)CCO2. The molecule has 0 aliphatic carbocycles. The molecule has 0 saturated carbocycles. The average Bonchev–Trinajstić information content (AvgIpc) is 3.27. The summed E-state index contributed by atoms with van der Waals surface area (Å²) in [5.74, 6) is 1.18. The van der Waals surface area contributed by atoms with Crippen molar-refractivity contribution in [2.45, 2.75) is 22.2 Å². The zero-order valence-electron chi connectivity index (χ0n) is 14.0.